The molecule has 0 radical (unpaired) electrons. The first-order chi connectivity index (χ1) is 18.0. The molecule has 2 aromatic carbocycles. The van der Waals surface area contributed by atoms with E-state index in [4.69, 9.17) is 18.9 Å². The van der Waals surface area contributed by atoms with Crippen LogP contribution >= 0.6 is 0 Å². The molecular formula is C25H26N6O6. The average Bonchev–Trinajstić information content (AvgIpc) is 3.33. The second-order valence-corrected chi connectivity index (χ2v) is 7.72. The predicted molar refractivity (Wildman–Crippen MR) is 134 cm³/mol. The number of fused-ring (bicyclic) bond motifs is 1. The van der Waals surface area contributed by atoms with Gasteiger partial charge in [0.2, 0.25) is 11.8 Å². The fourth-order valence-corrected chi connectivity index (χ4v) is 3.39. The van der Waals surface area contributed by atoms with Crippen molar-refractivity contribution in [3.63, 3.8) is 0 Å². The number of benzene rings is 2. The van der Waals surface area contributed by atoms with Gasteiger partial charge in [0.1, 0.15) is 23.9 Å². The standard InChI is InChI=1S/C25H26N6O6/c1-16(32)27-17-4-6-18(7-5-17)37-15-23(33)26-12-13-36-24-11-10-22-28-29-25(31(22)30-24)20-14-19(34-2)8-9-21(20)35-3/h4-11,14H,12-13,15H2,1-3H3,(H,26,33)(H,27,32). The Morgan fingerprint density at radius 1 is 0.919 bits per heavy atom. The Morgan fingerprint density at radius 2 is 1.70 bits per heavy atom. The number of anilines is 1. The minimum Gasteiger partial charge on any atom is -0.497 e. The van der Waals surface area contributed by atoms with Crippen LogP contribution in [0, 0.1) is 0 Å². The minimum atomic E-state index is -0.302. The van der Waals surface area contributed by atoms with Crippen molar-refractivity contribution in [2.75, 3.05) is 39.3 Å². The van der Waals surface area contributed by atoms with Gasteiger partial charge in [0.05, 0.1) is 26.3 Å². The van der Waals surface area contributed by atoms with Crippen LogP contribution in [0.1, 0.15) is 6.92 Å². The van der Waals surface area contributed by atoms with Crippen LogP contribution in [0.5, 0.6) is 23.1 Å². The van der Waals surface area contributed by atoms with Crippen molar-refractivity contribution in [1.29, 1.82) is 0 Å². The van der Waals surface area contributed by atoms with E-state index in [2.05, 4.69) is 25.9 Å². The van der Waals surface area contributed by atoms with Crippen molar-refractivity contribution in [2.45, 2.75) is 6.92 Å². The van der Waals surface area contributed by atoms with Gasteiger partial charge in [0.25, 0.3) is 5.91 Å². The first-order valence-electron chi connectivity index (χ1n) is 11.3. The zero-order valence-electron chi connectivity index (χ0n) is 20.6. The van der Waals surface area contributed by atoms with Gasteiger partial charge in [-0.15, -0.1) is 15.3 Å². The molecule has 192 valence electrons. The Hall–Kier alpha value is -4.87. The van der Waals surface area contributed by atoms with E-state index in [1.54, 1.807) is 73.3 Å². The van der Waals surface area contributed by atoms with E-state index in [0.717, 1.165) is 0 Å². The number of carbonyl (C=O) groups excluding carboxylic acids is 2. The molecule has 2 heterocycles. The lowest BCUT2D eigenvalue weighted by atomic mass is 10.2. The van der Waals surface area contributed by atoms with Crippen LogP contribution in [0.25, 0.3) is 17.0 Å². The van der Waals surface area contributed by atoms with Gasteiger partial charge in [0, 0.05) is 18.7 Å². The molecule has 12 nitrogen and oxygen atoms in total. The molecule has 2 amide bonds. The molecule has 0 aliphatic rings. The number of nitrogens with zero attached hydrogens (tertiary/aromatic N) is 4. The van der Waals surface area contributed by atoms with E-state index in [9.17, 15) is 9.59 Å². The molecule has 0 atom stereocenters. The van der Waals surface area contributed by atoms with E-state index in [-0.39, 0.29) is 31.6 Å². The summed E-state index contributed by atoms with van der Waals surface area (Å²) in [5, 5.41) is 18.3. The Balaban J connectivity index is 1.30. The highest BCUT2D eigenvalue weighted by molar-refractivity contribution is 5.88. The van der Waals surface area contributed by atoms with Crippen LogP contribution in [-0.4, -0.2) is 65.6 Å². The lowest BCUT2D eigenvalue weighted by molar-refractivity contribution is -0.123. The molecule has 0 fully saturated rings. The quantitative estimate of drug-likeness (QED) is 0.294. The van der Waals surface area contributed by atoms with E-state index in [1.807, 2.05) is 0 Å². The molecule has 0 unspecified atom stereocenters. The zero-order valence-corrected chi connectivity index (χ0v) is 20.6. The number of aromatic nitrogens is 4. The van der Waals surface area contributed by atoms with E-state index in [1.165, 1.54) is 6.92 Å². The maximum atomic E-state index is 12.1. The zero-order chi connectivity index (χ0) is 26.2. The van der Waals surface area contributed by atoms with Crippen molar-refractivity contribution >= 4 is 23.1 Å². The van der Waals surface area contributed by atoms with Crippen molar-refractivity contribution in [3.8, 4) is 34.5 Å². The molecule has 2 aromatic heterocycles. The third-order valence-electron chi connectivity index (χ3n) is 5.10. The normalized spacial score (nSPS) is 10.6. The van der Waals surface area contributed by atoms with Gasteiger partial charge in [-0.2, -0.15) is 4.52 Å². The maximum Gasteiger partial charge on any atom is 0.258 e. The molecule has 0 aliphatic carbocycles. The summed E-state index contributed by atoms with van der Waals surface area (Å²) >= 11 is 0. The maximum absolute atomic E-state index is 12.1. The summed E-state index contributed by atoms with van der Waals surface area (Å²) in [6.07, 6.45) is 0. The molecule has 4 aromatic rings. The molecule has 0 spiro atoms. The largest absolute Gasteiger partial charge is 0.497 e. The summed E-state index contributed by atoms with van der Waals surface area (Å²) < 4.78 is 23.5. The minimum absolute atomic E-state index is 0.157. The van der Waals surface area contributed by atoms with Crippen LogP contribution in [0.3, 0.4) is 0 Å². The number of nitrogens with one attached hydrogen (secondary N) is 2. The molecule has 37 heavy (non-hydrogen) atoms. The number of carbonyl (C=O) groups is 2. The summed E-state index contributed by atoms with van der Waals surface area (Å²) in [4.78, 5) is 23.2. The number of hydrogen-bond donors (Lipinski definition) is 2. The van der Waals surface area contributed by atoms with Gasteiger partial charge >= 0.3 is 0 Å². The molecule has 0 saturated carbocycles. The summed E-state index contributed by atoms with van der Waals surface area (Å²) in [5.41, 5.74) is 1.84. The summed E-state index contributed by atoms with van der Waals surface area (Å²) in [5.74, 6) is 2.08. The van der Waals surface area contributed by atoms with Gasteiger partial charge in [-0.1, -0.05) is 0 Å². The van der Waals surface area contributed by atoms with Crippen LogP contribution in [0.2, 0.25) is 0 Å². The van der Waals surface area contributed by atoms with Gasteiger partial charge in [0.15, 0.2) is 18.1 Å². The third-order valence-corrected chi connectivity index (χ3v) is 5.10. The number of amides is 2. The number of rotatable bonds is 11. The monoisotopic (exact) mass is 506 g/mol. The van der Waals surface area contributed by atoms with Gasteiger partial charge in [-0.05, 0) is 48.5 Å². The summed E-state index contributed by atoms with van der Waals surface area (Å²) in [6, 6.07) is 15.5. The van der Waals surface area contributed by atoms with Crippen LogP contribution in [-0.2, 0) is 9.59 Å². The smallest absolute Gasteiger partial charge is 0.258 e. The fourth-order valence-electron chi connectivity index (χ4n) is 3.39. The second-order valence-electron chi connectivity index (χ2n) is 7.72. The van der Waals surface area contributed by atoms with Crippen molar-refractivity contribution in [1.82, 2.24) is 25.1 Å². The second kappa shape index (κ2) is 11.7. The van der Waals surface area contributed by atoms with Gasteiger partial charge in [-0.25, -0.2) is 0 Å². The van der Waals surface area contributed by atoms with Crippen LogP contribution in [0.15, 0.2) is 54.6 Å². The Morgan fingerprint density at radius 3 is 2.43 bits per heavy atom. The molecule has 12 heteroatoms. The predicted octanol–water partition coefficient (Wildman–Crippen LogP) is 2.34. The Labute approximate surface area is 212 Å². The van der Waals surface area contributed by atoms with Crippen molar-refractivity contribution in [3.05, 3.63) is 54.6 Å². The fraction of sp³-hybridized carbons (Fsp3) is 0.240. The lowest BCUT2D eigenvalue weighted by Crippen LogP contribution is -2.32. The molecule has 2 N–H and O–H groups in total. The third kappa shape index (κ3) is 6.42. The van der Waals surface area contributed by atoms with Crippen LogP contribution in [0.4, 0.5) is 5.69 Å². The van der Waals surface area contributed by atoms with Gasteiger partial charge in [-0.3, -0.25) is 9.59 Å². The first-order valence-corrected chi connectivity index (χ1v) is 11.3. The van der Waals surface area contributed by atoms with E-state index < -0.39 is 0 Å². The number of ether oxygens (including phenoxy) is 4. The van der Waals surface area contributed by atoms with Crippen molar-refractivity contribution < 1.29 is 28.5 Å². The average molecular weight is 507 g/mol. The van der Waals surface area contributed by atoms with Gasteiger partial charge < -0.3 is 29.6 Å². The van der Waals surface area contributed by atoms with E-state index in [0.29, 0.717) is 45.9 Å². The lowest BCUT2D eigenvalue weighted by Gasteiger charge is -2.10. The number of methoxy groups -OCH3 is 2. The SMILES string of the molecule is COc1ccc(OC)c(-c2nnc3ccc(OCCNC(=O)COc4ccc(NC(C)=O)cc4)nn23)c1. The molecular weight excluding hydrogens is 480 g/mol. The van der Waals surface area contributed by atoms with E-state index >= 15 is 0 Å². The van der Waals surface area contributed by atoms with Crippen molar-refractivity contribution in [2.24, 2.45) is 0 Å². The highest BCUT2D eigenvalue weighted by Gasteiger charge is 2.16. The topological polar surface area (TPSA) is 138 Å². The summed E-state index contributed by atoms with van der Waals surface area (Å²) in [6.45, 7) is 1.71. The molecule has 0 bridgehead atoms. The molecule has 0 aliphatic heterocycles. The van der Waals surface area contributed by atoms with Crippen LogP contribution < -0.4 is 29.6 Å². The summed E-state index contributed by atoms with van der Waals surface area (Å²) in [7, 11) is 3.15. The highest BCUT2D eigenvalue weighted by atomic mass is 16.5. The number of hydrogen-bond acceptors (Lipinski definition) is 9. The Bertz CT molecular complexity index is 1390. The Kier molecular flexibility index (Phi) is 7.98. The molecule has 4 rings (SSSR count). The first kappa shape index (κ1) is 25.2. The molecule has 0 saturated heterocycles. The highest BCUT2D eigenvalue weighted by Crippen LogP contribution is 2.32.